The van der Waals surface area contributed by atoms with Crippen molar-refractivity contribution in [3.05, 3.63) is 57.3 Å². The van der Waals surface area contributed by atoms with Crippen LogP contribution >= 0.6 is 11.8 Å². The van der Waals surface area contributed by atoms with Gasteiger partial charge in [0.05, 0.1) is 17.1 Å². The lowest BCUT2D eigenvalue weighted by Gasteiger charge is -2.30. The number of carboxylic acid groups (broad SMARTS) is 1. The van der Waals surface area contributed by atoms with Crippen LogP contribution in [0.2, 0.25) is 0 Å². The third kappa shape index (κ3) is 3.39. The van der Waals surface area contributed by atoms with E-state index in [9.17, 15) is 23.1 Å². The molecule has 0 spiro atoms. The molecule has 2 rings (SSSR count). The van der Waals surface area contributed by atoms with E-state index in [0.717, 1.165) is 17.8 Å². The Morgan fingerprint density at radius 3 is 2.43 bits per heavy atom. The van der Waals surface area contributed by atoms with Crippen LogP contribution in [0.25, 0.3) is 0 Å². The van der Waals surface area contributed by atoms with Crippen LogP contribution in [0, 0.1) is 0 Å². The molecule has 23 heavy (non-hydrogen) atoms. The fourth-order valence-electron chi connectivity index (χ4n) is 2.74. The first-order valence-corrected chi connectivity index (χ1v) is 8.02. The number of carboxylic acids is 1. The molecule has 1 aromatic rings. The summed E-state index contributed by atoms with van der Waals surface area (Å²) in [6, 6.07) is 4.85. The molecule has 1 aliphatic heterocycles. The Morgan fingerprint density at radius 1 is 1.26 bits per heavy atom. The smallest absolute Gasteiger partial charge is 0.416 e. The van der Waals surface area contributed by atoms with Crippen LogP contribution in [0.1, 0.15) is 30.9 Å². The van der Waals surface area contributed by atoms with Gasteiger partial charge in [0.25, 0.3) is 0 Å². The highest BCUT2D eigenvalue weighted by Gasteiger charge is 2.35. The number of hydrogen-bond acceptors (Lipinski definition) is 3. The van der Waals surface area contributed by atoms with Gasteiger partial charge < -0.3 is 10.4 Å². The first-order valence-electron chi connectivity index (χ1n) is 6.79. The number of rotatable bonds is 3. The second-order valence-electron chi connectivity index (χ2n) is 5.22. The predicted molar refractivity (Wildman–Crippen MR) is 83.9 cm³/mol. The molecule has 124 valence electrons. The molecular weight excluding hydrogens is 327 g/mol. The second kappa shape index (κ2) is 6.31. The highest BCUT2D eigenvalue weighted by molar-refractivity contribution is 8.02. The lowest BCUT2D eigenvalue weighted by atomic mass is 9.86. The maximum absolute atomic E-state index is 13.0. The monoisotopic (exact) mass is 343 g/mol. The van der Waals surface area contributed by atoms with Crippen molar-refractivity contribution in [1.29, 1.82) is 0 Å². The van der Waals surface area contributed by atoms with Gasteiger partial charge in [-0.05, 0) is 31.7 Å². The SMILES string of the molecule is CSC1=C(C)NC(C)=C(C(=O)O)C1c1cccc(C(F)(F)F)c1. The summed E-state index contributed by atoms with van der Waals surface area (Å²) >= 11 is 1.33. The average molecular weight is 343 g/mol. The normalized spacial score (nSPS) is 19.0. The van der Waals surface area contributed by atoms with Crippen LogP contribution in [0.4, 0.5) is 13.2 Å². The van der Waals surface area contributed by atoms with E-state index in [0.29, 0.717) is 16.2 Å². The van der Waals surface area contributed by atoms with Gasteiger partial charge in [-0.2, -0.15) is 13.2 Å². The molecule has 0 bridgehead atoms. The Bertz CT molecular complexity index is 708. The van der Waals surface area contributed by atoms with Gasteiger partial charge in [0.2, 0.25) is 0 Å². The molecule has 2 N–H and O–H groups in total. The molecule has 0 aromatic heterocycles. The van der Waals surface area contributed by atoms with Crippen molar-refractivity contribution in [1.82, 2.24) is 5.32 Å². The van der Waals surface area contributed by atoms with Gasteiger partial charge in [0.1, 0.15) is 0 Å². The zero-order valence-electron chi connectivity index (χ0n) is 12.8. The minimum atomic E-state index is -4.47. The van der Waals surface area contributed by atoms with E-state index in [1.54, 1.807) is 20.1 Å². The molecule has 0 aliphatic carbocycles. The minimum Gasteiger partial charge on any atom is -0.478 e. The standard InChI is InChI=1S/C16H16F3NO2S/c1-8-12(15(21)22)13(14(23-3)9(2)20-8)10-5-4-6-11(7-10)16(17,18)19/h4-7,13,20H,1-3H3,(H,21,22). The number of allylic oxidation sites excluding steroid dienone is 3. The van der Waals surface area contributed by atoms with Crippen LogP contribution in [0.3, 0.4) is 0 Å². The Balaban J connectivity index is 2.65. The predicted octanol–water partition coefficient (Wildman–Crippen LogP) is 4.35. The Labute approximate surface area is 136 Å². The van der Waals surface area contributed by atoms with Crippen molar-refractivity contribution >= 4 is 17.7 Å². The first kappa shape index (κ1) is 17.5. The molecule has 1 unspecified atom stereocenters. The average Bonchev–Trinajstić information content (AvgIpc) is 2.45. The molecule has 0 fully saturated rings. The van der Waals surface area contributed by atoms with E-state index in [-0.39, 0.29) is 5.57 Å². The fourth-order valence-corrected chi connectivity index (χ4v) is 3.59. The Hall–Kier alpha value is -1.89. The van der Waals surface area contributed by atoms with Crippen molar-refractivity contribution in [3.63, 3.8) is 0 Å². The zero-order chi connectivity index (χ0) is 17.4. The molecule has 7 heteroatoms. The molecule has 0 amide bonds. The third-order valence-corrected chi connectivity index (χ3v) is 4.68. The molecular formula is C16H16F3NO2S. The quantitative estimate of drug-likeness (QED) is 0.857. The molecule has 1 heterocycles. The number of alkyl halides is 3. The summed E-state index contributed by atoms with van der Waals surface area (Å²) in [6.45, 7) is 3.40. The van der Waals surface area contributed by atoms with Gasteiger partial charge >= 0.3 is 12.1 Å². The number of nitrogens with one attached hydrogen (secondary N) is 1. The number of aliphatic carboxylic acids is 1. The number of carbonyl (C=O) groups is 1. The maximum Gasteiger partial charge on any atom is 0.416 e. The molecule has 1 atom stereocenters. The van der Waals surface area contributed by atoms with Crippen LogP contribution < -0.4 is 5.32 Å². The van der Waals surface area contributed by atoms with Crippen molar-refractivity contribution < 1.29 is 23.1 Å². The van der Waals surface area contributed by atoms with Gasteiger partial charge in [-0.3, -0.25) is 0 Å². The van der Waals surface area contributed by atoms with E-state index in [2.05, 4.69) is 5.32 Å². The van der Waals surface area contributed by atoms with Crippen LogP contribution in [-0.4, -0.2) is 17.3 Å². The summed E-state index contributed by atoms with van der Waals surface area (Å²) in [5.41, 5.74) is 0.799. The Morgan fingerprint density at radius 2 is 1.91 bits per heavy atom. The van der Waals surface area contributed by atoms with Crippen molar-refractivity contribution in [2.24, 2.45) is 0 Å². The largest absolute Gasteiger partial charge is 0.478 e. The van der Waals surface area contributed by atoms with E-state index in [1.807, 2.05) is 0 Å². The maximum atomic E-state index is 13.0. The van der Waals surface area contributed by atoms with Crippen molar-refractivity contribution in [3.8, 4) is 0 Å². The summed E-state index contributed by atoms with van der Waals surface area (Å²) in [6.07, 6.45) is -2.69. The summed E-state index contributed by atoms with van der Waals surface area (Å²) in [4.78, 5) is 12.3. The molecule has 0 saturated heterocycles. The number of dihydropyridines is 1. The number of benzene rings is 1. The topological polar surface area (TPSA) is 49.3 Å². The zero-order valence-corrected chi connectivity index (χ0v) is 13.6. The third-order valence-electron chi connectivity index (χ3n) is 3.70. The summed E-state index contributed by atoms with van der Waals surface area (Å²) in [7, 11) is 0. The number of hydrogen-bond donors (Lipinski definition) is 2. The molecule has 1 aliphatic rings. The van der Waals surface area contributed by atoms with E-state index in [4.69, 9.17) is 0 Å². The van der Waals surface area contributed by atoms with Crippen LogP contribution in [0.15, 0.2) is 46.1 Å². The molecule has 0 saturated carbocycles. The van der Waals surface area contributed by atoms with Gasteiger partial charge in [-0.1, -0.05) is 18.2 Å². The summed E-state index contributed by atoms with van der Waals surface area (Å²) in [5.74, 6) is -1.86. The fraction of sp³-hybridized carbons (Fsp3) is 0.312. The van der Waals surface area contributed by atoms with Crippen LogP contribution in [-0.2, 0) is 11.0 Å². The highest BCUT2D eigenvalue weighted by Crippen LogP contribution is 2.43. The van der Waals surface area contributed by atoms with Gasteiger partial charge in [-0.25, -0.2) is 4.79 Å². The second-order valence-corrected chi connectivity index (χ2v) is 6.07. The molecule has 0 radical (unpaired) electrons. The molecule has 1 aromatic carbocycles. The number of thioether (sulfide) groups is 1. The van der Waals surface area contributed by atoms with Crippen molar-refractivity contribution in [2.75, 3.05) is 6.26 Å². The van der Waals surface area contributed by atoms with Gasteiger partial charge in [0.15, 0.2) is 0 Å². The highest BCUT2D eigenvalue weighted by atomic mass is 32.2. The molecule has 3 nitrogen and oxygen atoms in total. The lowest BCUT2D eigenvalue weighted by molar-refractivity contribution is -0.137. The number of halogens is 3. The van der Waals surface area contributed by atoms with E-state index >= 15 is 0 Å². The summed E-state index contributed by atoms with van der Waals surface area (Å²) < 4.78 is 38.9. The van der Waals surface area contributed by atoms with Gasteiger partial charge in [0, 0.05) is 16.3 Å². The van der Waals surface area contributed by atoms with E-state index in [1.165, 1.54) is 23.9 Å². The van der Waals surface area contributed by atoms with Crippen LogP contribution in [0.5, 0.6) is 0 Å². The van der Waals surface area contributed by atoms with E-state index < -0.39 is 23.6 Å². The lowest BCUT2D eigenvalue weighted by Crippen LogP contribution is -2.27. The minimum absolute atomic E-state index is 0.0688. The first-order chi connectivity index (χ1) is 10.7. The Kier molecular flexibility index (Phi) is 4.79. The van der Waals surface area contributed by atoms with Crippen molar-refractivity contribution in [2.45, 2.75) is 25.9 Å². The summed E-state index contributed by atoms with van der Waals surface area (Å²) in [5, 5.41) is 12.5. The van der Waals surface area contributed by atoms with Gasteiger partial charge in [-0.15, -0.1) is 11.8 Å².